The molecule has 3 aliphatic heterocycles. The second kappa shape index (κ2) is 6.44. The van der Waals surface area contributed by atoms with Crippen molar-refractivity contribution in [3.05, 3.63) is 29.3 Å². The van der Waals surface area contributed by atoms with Crippen molar-refractivity contribution in [3.8, 4) is 0 Å². The van der Waals surface area contributed by atoms with E-state index in [1.807, 2.05) is 17.8 Å². The number of carboxylic acid groups (broad SMARTS) is 1. The summed E-state index contributed by atoms with van der Waals surface area (Å²) in [6, 6.07) is 6.32. The number of amides is 2. The number of cyclic esters (lactones) is 1. The third-order valence-electron chi connectivity index (χ3n) is 5.47. The highest BCUT2D eigenvalue weighted by molar-refractivity contribution is 7.99. The highest BCUT2D eigenvalue weighted by Crippen LogP contribution is 2.41. The minimum atomic E-state index is -1.01. The minimum Gasteiger partial charge on any atom is -0.465 e. The van der Waals surface area contributed by atoms with Gasteiger partial charge in [0.1, 0.15) is 6.10 Å². The molecule has 0 unspecified atom stereocenters. The maximum Gasteiger partial charge on any atom is 0.415 e. The van der Waals surface area contributed by atoms with Gasteiger partial charge < -0.3 is 14.7 Å². The van der Waals surface area contributed by atoms with E-state index in [0.29, 0.717) is 5.92 Å². The van der Waals surface area contributed by atoms with Gasteiger partial charge in [-0.25, -0.2) is 9.59 Å². The van der Waals surface area contributed by atoms with Crippen LogP contribution in [0.2, 0.25) is 0 Å². The largest absolute Gasteiger partial charge is 0.465 e. The van der Waals surface area contributed by atoms with Gasteiger partial charge in [-0.1, -0.05) is 12.1 Å². The maximum atomic E-state index is 12.3. The van der Waals surface area contributed by atoms with Crippen molar-refractivity contribution >= 4 is 29.6 Å². The van der Waals surface area contributed by atoms with Crippen molar-refractivity contribution in [2.75, 3.05) is 30.0 Å². The number of hydrogen-bond donors (Lipinski definition) is 1. The van der Waals surface area contributed by atoms with Crippen LogP contribution in [0.3, 0.4) is 0 Å². The number of likely N-dealkylation sites (N-methyl/N-ethyl adjacent to an activating group) is 1. The van der Waals surface area contributed by atoms with Gasteiger partial charge in [0.2, 0.25) is 0 Å². The van der Waals surface area contributed by atoms with Crippen molar-refractivity contribution in [2.24, 2.45) is 0 Å². The van der Waals surface area contributed by atoms with E-state index < -0.39 is 12.2 Å². The zero-order valence-electron chi connectivity index (χ0n) is 14.2. The van der Waals surface area contributed by atoms with E-state index in [-0.39, 0.29) is 18.7 Å². The number of ether oxygens (including phenoxy) is 1. The van der Waals surface area contributed by atoms with Gasteiger partial charge in [0.25, 0.3) is 0 Å². The lowest BCUT2D eigenvalue weighted by Crippen LogP contribution is -2.41. The van der Waals surface area contributed by atoms with Gasteiger partial charge in [-0.05, 0) is 53.9 Å². The molecule has 1 N–H and O–H groups in total. The Kier molecular flexibility index (Phi) is 4.27. The smallest absolute Gasteiger partial charge is 0.415 e. The molecule has 4 rings (SSSR count). The van der Waals surface area contributed by atoms with Crippen LogP contribution in [0.15, 0.2) is 18.2 Å². The number of anilines is 1. The van der Waals surface area contributed by atoms with Gasteiger partial charge in [0.05, 0.1) is 18.3 Å². The average molecular weight is 362 g/mol. The first-order chi connectivity index (χ1) is 12.0. The van der Waals surface area contributed by atoms with Crippen LogP contribution >= 0.6 is 11.8 Å². The van der Waals surface area contributed by atoms with E-state index in [1.165, 1.54) is 47.4 Å². The van der Waals surface area contributed by atoms with Gasteiger partial charge >= 0.3 is 12.2 Å². The summed E-state index contributed by atoms with van der Waals surface area (Å²) in [4.78, 5) is 26.3. The second-order valence-corrected chi connectivity index (χ2v) is 8.23. The topological polar surface area (TPSA) is 70.1 Å². The van der Waals surface area contributed by atoms with Crippen LogP contribution in [0.1, 0.15) is 29.9 Å². The lowest BCUT2D eigenvalue weighted by molar-refractivity contribution is 0.0961. The van der Waals surface area contributed by atoms with Crippen LogP contribution < -0.4 is 4.90 Å². The Bertz CT molecular complexity index is 704. The van der Waals surface area contributed by atoms with Crippen molar-refractivity contribution in [1.29, 1.82) is 0 Å². The molecule has 3 aliphatic rings. The molecule has 2 fully saturated rings. The van der Waals surface area contributed by atoms with Crippen molar-refractivity contribution in [1.82, 2.24) is 4.90 Å². The fraction of sp³-hybridized carbons (Fsp3) is 0.556. The molecule has 0 bridgehead atoms. The predicted octanol–water partition coefficient (Wildman–Crippen LogP) is 3.16. The average Bonchev–Trinajstić information content (AvgIpc) is 3.13. The predicted molar refractivity (Wildman–Crippen MR) is 96.6 cm³/mol. The standard InChI is InChI=1S/C18H22N2O4S/c1-19(17(21)22)10-16-15-9-13-8-12(11-4-6-25-7-5-11)2-3-14(13)20(15)18(23)24-16/h2-3,8,11,15-16H,4-7,9-10H2,1H3,(H,21,22)/t15-,16-/m0/s1. The first-order valence-electron chi connectivity index (χ1n) is 8.69. The SMILES string of the molecule is CN(C[C@@H]1OC(=O)N2c3ccc(C4CCSCC4)cc3C[C@@H]12)C(=O)O. The molecule has 2 amide bonds. The highest BCUT2D eigenvalue weighted by atomic mass is 32.2. The number of thioether (sulfide) groups is 1. The first kappa shape index (κ1) is 16.6. The molecule has 0 saturated carbocycles. The van der Waals surface area contributed by atoms with Crippen LogP contribution in [0, 0.1) is 0 Å². The summed E-state index contributed by atoms with van der Waals surface area (Å²) in [5, 5.41) is 9.07. The molecular weight excluding hydrogens is 340 g/mol. The molecule has 0 aromatic heterocycles. The molecule has 0 aliphatic carbocycles. The van der Waals surface area contributed by atoms with Crippen molar-refractivity contribution < 1.29 is 19.4 Å². The number of benzene rings is 1. The number of carbonyl (C=O) groups is 2. The highest BCUT2D eigenvalue weighted by Gasteiger charge is 2.48. The van der Waals surface area contributed by atoms with Crippen LogP contribution in [0.25, 0.3) is 0 Å². The minimum absolute atomic E-state index is 0.110. The van der Waals surface area contributed by atoms with E-state index in [0.717, 1.165) is 12.1 Å². The third kappa shape index (κ3) is 2.94. The van der Waals surface area contributed by atoms with Crippen molar-refractivity contribution in [2.45, 2.75) is 37.3 Å². The fourth-order valence-electron chi connectivity index (χ4n) is 4.09. The molecule has 6 nitrogen and oxygen atoms in total. The normalized spacial score (nSPS) is 25.5. The molecule has 0 spiro atoms. The monoisotopic (exact) mass is 362 g/mol. The summed E-state index contributed by atoms with van der Waals surface area (Å²) in [5.74, 6) is 3.04. The summed E-state index contributed by atoms with van der Waals surface area (Å²) >= 11 is 2.02. The Morgan fingerprint density at radius 3 is 2.88 bits per heavy atom. The molecule has 134 valence electrons. The molecule has 2 saturated heterocycles. The van der Waals surface area contributed by atoms with Crippen LogP contribution in [0.4, 0.5) is 15.3 Å². The Balaban J connectivity index is 1.55. The Hall–Kier alpha value is -1.89. The zero-order chi connectivity index (χ0) is 17.6. The fourth-order valence-corrected chi connectivity index (χ4v) is 5.19. The summed E-state index contributed by atoms with van der Waals surface area (Å²) in [6.07, 6.45) is 1.36. The lowest BCUT2D eigenvalue weighted by atomic mass is 9.91. The quantitative estimate of drug-likeness (QED) is 0.894. The van der Waals surface area contributed by atoms with Gasteiger partial charge in [-0.15, -0.1) is 0 Å². The second-order valence-electron chi connectivity index (χ2n) is 7.00. The Morgan fingerprint density at radius 2 is 2.16 bits per heavy atom. The van der Waals surface area contributed by atoms with E-state index in [1.54, 1.807) is 4.90 Å². The van der Waals surface area contributed by atoms with Crippen LogP contribution in [0.5, 0.6) is 0 Å². The van der Waals surface area contributed by atoms with Gasteiger partial charge in [0.15, 0.2) is 0 Å². The van der Waals surface area contributed by atoms with Gasteiger partial charge in [-0.3, -0.25) is 4.90 Å². The van der Waals surface area contributed by atoms with Crippen LogP contribution in [-0.4, -0.2) is 59.4 Å². The number of rotatable bonds is 3. The summed E-state index contributed by atoms with van der Waals surface area (Å²) in [6.45, 7) is 0.197. The van der Waals surface area contributed by atoms with Crippen molar-refractivity contribution in [3.63, 3.8) is 0 Å². The van der Waals surface area contributed by atoms with E-state index in [2.05, 4.69) is 12.1 Å². The summed E-state index contributed by atoms with van der Waals surface area (Å²) < 4.78 is 5.43. The molecule has 2 atom stereocenters. The molecule has 1 aromatic carbocycles. The summed E-state index contributed by atoms with van der Waals surface area (Å²) in [7, 11) is 1.50. The first-order valence-corrected chi connectivity index (χ1v) is 9.84. The molecule has 0 radical (unpaired) electrons. The van der Waals surface area contributed by atoms with Gasteiger partial charge in [0, 0.05) is 7.05 Å². The summed E-state index contributed by atoms with van der Waals surface area (Å²) in [5.41, 5.74) is 3.47. The third-order valence-corrected chi connectivity index (χ3v) is 6.52. The molecule has 1 aromatic rings. The Morgan fingerprint density at radius 1 is 1.40 bits per heavy atom. The van der Waals surface area contributed by atoms with Gasteiger partial charge in [-0.2, -0.15) is 11.8 Å². The number of carbonyl (C=O) groups excluding carboxylic acids is 1. The molecule has 7 heteroatoms. The molecular formula is C18H22N2O4S. The molecule has 25 heavy (non-hydrogen) atoms. The zero-order valence-corrected chi connectivity index (χ0v) is 15.0. The number of nitrogens with zero attached hydrogens (tertiary/aromatic N) is 2. The Labute approximate surface area is 151 Å². The van der Waals surface area contributed by atoms with Crippen LogP contribution in [-0.2, 0) is 11.2 Å². The number of hydrogen-bond acceptors (Lipinski definition) is 4. The van der Waals surface area contributed by atoms with E-state index >= 15 is 0 Å². The lowest BCUT2D eigenvalue weighted by Gasteiger charge is -2.22. The van der Waals surface area contributed by atoms with E-state index in [9.17, 15) is 9.59 Å². The number of fused-ring (bicyclic) bond motifs is 3. The molecule has 3 heterocycles. The maximum absolute atomic E-state index is 12.3. The van der Waals surface area contributed by atoms with E-state index in [4.69, 9.17) is 9.84 Å².